The Kier molecular flexibility index (Phi) is 4.18. The topological polar surface area (TPSA) is 37.4 Å². The van der Waals surface area contributed by atoms with E-state index in [2.05, 4.69) is 0 Å². The van der Waals surface area contributed by atoms with Gasteiger partial charge in [0.05, 0.1) is 0 Å². The third kappa shape index (κ3) is 4.31. The van der Waals surface area contributed by atoms with Crippen LogP contribution in [0.15, 0.2) is 12.3 Å². The maximum absolute atomic E-state index is 10.7. The van der Waals surface area contributed by atoms with Crippen molar-refractivity contribution in [2.75, 3.05) is 7.05 Å². The molecule has 0 heterocycles. The molecule has 3 heteroatoms. The molecule has 0 saturated heterocycles. The number of hydrogen-bond donors (Lipinski definition) is 0. The number of amides is 1. The van der Waals surface area contributed by atoms with Crippen molar-refractivity contribution in [2.24, 2.45) is 0 Å². The van der Waals surface area contributed by atoms with E-state index in [1.54, 1.807) is 14.0 Å². The van der Waals surface area contributed by atoms with Crippen LogP contribution in [0.4, 0.5) is 0 Å². The molecular weight excluding hydrogens is 142 g/mol. The molecule has 0 radical (unpaired) electrons. The molecular formula is C8H13NO2. The van der Waals surface area contributed by atoms with Crippen molar-refractivity contribution >= 4 is 11.7 Å². The van der Waals surface area contributed by atoms with E-state index >= 15 is 0 Å². The molecule has 0 aliphatic rings. The first-order chi connectivity index (χ1) is 5.07. The molecule has 0 bridgehead atoms. The highest BCUT2D eigenvalue weighted by Gasteiger charge is 1.96. The van der Waals surface area contributed by atoms with E-state index in [1.807, 2.05) is 0 Å². The van der Waals surface area contributed by atoms with E-state index in [9.17, 15) is 9.59 Å². The lowest BCUT2D eigenvalue weighted by atomic mass is 10.3. The van der Waals surface area contributed by atoms with Gasteiger partial charge in [-0.25, -0.2) is 0 Å². The summed E-state index contributed by atoms with van der Waals surface area (Å²) < 4.78 is 0. The largest absolute Gasteiger partial charge is 0.322 e. The third-order valence-corrected chi connectivity index (χ3v) is 1.33. The van der Waals surface area contributed by atoms with Crippen LogP contribution in [0.2, 0.25) is 0 Å². The Morgan fingerprint density at radius 1 is 1.45 bits per heavy atom. The van der Waals surface area contributed by atoms with Crippen molar-refractivity contribution in [2.45, 2.75) is 20.3 Å². The van der Waals surface area contributed by atoms with E-state index in [4.69, 9.17) is 0 Å². The molecule has 0 saturated carbocycles. The fourth-order valence-corrected chi connectivity index (χ4v) is 0.418. The van der Waals surface area contributed by atoms with Crippen LogP contribution in [0.5, 0.6) is 0 Å². The smallest absolute Gasteiger partial charge is 0.223 e. The molecule has 62 valence electrons. The van der Waals surface area contributed by atoms with E-state index in [-0.39, 0.29) is 11.7 Å². The second-order valence-electron chi connectivity index (χ2n) is 2.27. The lowest BCUT2D eigenvalue weighted by molar-refractivity contribution is -0.125. The Morgan fingerprint density at radius 2 is 2.00 bits per heavy atom. The van der Waals surface area contributed by atoms with Crippen molar-refractivity contribution < 1.29 is 9.59 Å². The molecule has 11 heavy (non-hydrogen) atoms. The molecule has 0 aliphatic heterocycles. The van der Waals surface area contributed by atoms with Gasteiger partial charge in [0, 0.05) is 26.6 Å². The molecule has 0 aromatic heterocycles. The summed E-state index contributed by atoms with van der Waals surface area (Å²) in [4.78, 5) is 22.7. The second-order valence-corrected chi connectivity index (χ2v) is 2.27. The summed E-state index contributed by atoms with van der Waals surface area (Å²) in [6.45, 7) is 3.22. The molecule has 0 unspecified atom stereocenters. The van der Waals surface area contributed by atoms with Gasteiger partial charge < -0.3 is 4.90 Å². The minimum Gasteiger partial charge on any atom is -0.322 e. The average molecular weight is 155 g/mol. The predicted octanol–water partition coefficient (Wildman–Crippen LogP) is 0.958. The highest BCUT2D eigenvalue weighted by molar-refractivity contribution is 5.89. The van der Waals surface area contributed by atoms with Crippen LogP contribution >= 0.6 is 0 Å². The number of nitrogens with zero attached hydrogens (tertiary/aromatic N) is 1. The number of carbonyl (C=O) groups is 2. The SMILES string of the molecule is CCC(=O)/C=C/N(C)C(C)=O. The average Bonchev–Trinajstić information content (AvgIpc) is 1.99. The standard InChI is InChI=1S/C8H13NO2/c1-4-8(11)5-6-9(3)7(2)10/h5-6H,4H2,1-3H3/b6-5+. The van der Waals surface area contributed by atoms with Gasteiger partial charge in [0.25, 0.3) is 0 Å². The number of ketones is 1. The summed E-state index contributed by atoms with van der Waals surface area (Å²) in [5.41, 5.74) is 0. The molecule has 0 aromatic rings. The molecule has 3 nitrogen and oxygen atoms in total. The highest BCUT2D eigenvalue weighted by atomic mass is 16.2. The first-order valence-corrected chi connectivity index (χ1v) is 3.52. The number of hydrogen-bond acceptors (Lipinski definition) is 2. The van der Waals surface area contributed by atoms with Crippen molar-refractivity contribution in [1.82, 2.24) is 4.90 Å². The fourth-order valence-electron chi connectivity index (χ4n) is 0.418. The first-order valence-electron chi connectivity index (χ1n) is 3.52. The minimum absolute atomic E-state index is 0.0260. The maximum atomic E-state index is 10.7. The van der Waals surface area contributed by atoms with Gasteiger partial charge in [-0.1, -0.05) is 6.92 Å². The maximum Gasteiger partial charge on any atom is 0.223 e. The lowest BCUT2D eigenvalue weighted by Crippen LogP contribution is -2.16. The third-order valence-electron chi connectivity index (χ3n) is 1.33. The normalized spacial score (nSPS) is 10.1. The van der Waals surface area contributed by atoms with E-state index in [0.29, 0.717) is 6.42 Å². The van der Waals surface area contributed by atoms with Crippen molar-refractivity contribution in [3.8, 4) is 0 Å². The molecule has 1 amide bonds. The van der Waals surface area contributed by atoms with Gasteiger partial charge in [-0.15, -0.1) is 0 Å². The molecule has 0 spiro atoms. The van der Waals surface area contributed by atoms with Gasteiger partial charge in [-0.2, -0.15) is 0 Å². The Labute approximate surface area is 66.7 Å². The van der Waals surface area contributed by atoms with E-state index in [1.165, 1.54) is 24.1 Å². The zero-order valence-corrected chi connectivity index (χ0v) is 7.13. The molecule has 0 aliphatic carbocycles. The van der Waals surface area contributed by atoms with Gasteiger partial charge in [-0.3, -0.25) is 9.59 Å². The van der Waals surface area contributed by atoms with E-state index < -0.39 is 0 Å². The zero-order chi connectivity index (χ0) is 8.85. The molecule has 0 fully saturated rings. The number of carbonyl (C=O) groups excluding carboxylic acids is 2. The Hall–Kier alpha value is -1.12. The van der Waals surface area contributed by atoms with Crippen LogP contribution in [0, 0.1) is 0 Å². The van der Waals surface area contributed by atoms with Gasteiger partial charge in [0.1, 0.15) is 0 Å². The zero-order valence-electron chi connectivity index (χ0n) is 7.13. The van der Waals surface area contributed by atoms with Gasteiger partial charge >= 0.3 is 0 Å². The Bertz CT molecular complexity index is 185. The quantitative estimate of drug-likeness (QED) is 0.569. The number of allylic oxidation sites excluding steroid dienone is 1. The van der Waals surface area contributed by atoms with Crippen LogP contribution < -0.4 is 0 Å². The Morgan fingerprint density at radius 3 is 2.36 bits per heavy atom. The molecule has 0 N–H and O–H groups in total. The fraction of sp³-hybridized carbons (Fsp3) is 0.500. The number of rotatable bonds is 3. The predicted molar refractivity (Wildman–Crippen MR) is 42.9 cm³/mol. The summed E-state index contributed by atoms with van der Waals surface area (Å²) in [5, 5.41) is 0. The van der Waals surface area contributed by atoms with Crippen molar-refractivity contribution in [3.05, 3.63) is 12.3 Å². The van der Waals surface area contributed by atoms with Crippen molar-refractivity contribution in [3.63, 3.8) is 0 Å². The first kappa shape index (κ1) is 9.88. The Balaban J connectivity index is 3.92. The summed E-state index contributed by atoms with van der Waals surface area (Å²) in [6.07, 6.45) is 3.36. The van der Waals surface area contributed by atoms with Crippen LogP contribution in [-0.4, -0.2) is 23.6 Å². The van der Waals surface area contributed by atoms with Gasteiger partial charge in [0.2, 0.25) is 5.91 Å². The highest BCUT2D eigenvalue weighted by Crippen LogP contribution is 1.88. The van der Waals surface area contributed by atoms with Crippen LogP contribution in [0.1, 0.15) is 20.3 Å². The minimum atomic E-state index is -0.0786. The van der Waals surface area contributed by atoms with Gasteiger partial charge in [-0.05, 0) is 6.08 Å². The summed E-state index contributed by atoms with van der Waals surface area (Å²) in [6, 6.07) is 0. The summed E-state index contributed by atoms with van der Waals surface area (Å²) >= 11 is 0. The van der Waals surface area contributed by atoms with Gasteiger partial charge in [0.15, 0.2) is 5.78 Å². The summed E-state index contributed by atoms with van der Waals surface area (Å²) in [5.74, 6) is -0.0525. The second kappa shape index (κ2) is 4.66. The van der Waals surface area contributed by atoms with Crippen LogP contribution in [0.25, 0.3) is 0 Å². The molecule has 0 rings (SSSR count). The molecule has 0 aromatic carbocycles. The summed E-state index contributed by atoms with van der Waals surface area (Å²) in [7, 11) is 1.61. The van der Waals surface area contributed by atoms with Crippen LogP contribution in [0.3, 0.4) is 0 Å². The molecule has 0 atom stereocenters. The lowest BCUT2D eigenvalue weighted by Gasteiger charge is -2.06. The van der Waals surface area contributed by atoms with E-state index in [0.717, 1.165) is 0 Å². The van der Waals surface area contributed by atoms with Crippen molar-refractivity contribution in [1.29, 1.82) is 0 Å². The van der Waals surface area contributed by atoms with Crippen LogP contribution in [-0.2, 0) is 9.59 Å². The monoisotopic (exact) mass is 155 g/mol.